The lowest BCUT2D eigenvalue weighted by Crippen LogP contribution is -2.48. The lowest BCUT2D eigenvalue weighted by molar-refractivity contribution is 0.0998. The third-order valence-electron chi connectivity index (χ3n) is 7.45. The fourth-order valence-electron chi connectivity index (χ4n) is 5.33. The minimum absolute atomic E-state index is 0.189. The zero-order valence-corrected chi connectivity index (χ0v) is 22.2. The number of piperazine rings is 1. The molecule has 1 atom stereocenters. The summed E-state index contributed by atoms with van der Waals surface area (Å²) in [6, 6.07) is 23.7. The van der Waals surface area contributed by atoms with Crippen molar-refractivity contribution in [2.45, 2.75) is 19.1 Å². The van der Waals surface area contributed by atoms with Gasteiger partial charge in [-0.15, -0.1) is 5.10 Å². The van der Waals surface area contributed by atoms with E-state index in [2.05, 4.69) is 54.6 Å². The van der Waals surface area contributed by atoms with Crippen molar-refractivity contribution in [3.05, 3.63) is 118 Å². The van der Waals surface area contributed by atoms with Crippen LogP contribution in [0.15, 0.2) is 83.7 Å². The molecule has 0 aliphatic carbocycles. The number of tetrazole rings is 1. The van der Waals surface area contributed by atoms with Crippen LogP contribution in [0.1, 0.15) is 28.6 Å². The maximum atomic E-state index is 13.5. The second kappa shape index (κ2) is 11.4. The van der Waals surface area contributed by atoms with E-state index < -0.39 is 6.04 Å². The summed E-state index contributed by atoms with van der Waals surface area (Å²) >= 11 is 0. The van der Waals surface area contributed by atoms with Gasteiger partial charge in [0.2, 0.25) is 0 Å². The average Bonchev–Trinajstić information content (AvgIpc) is 3.43. The van der Waals surface area contributed by atoms with Crippen molar-refractivity contribution < 1.29 is 9.13 Å². The molecule has 204 valence electrons. The van der Waals surface area contributed by atoms with Gasteiger partial charge < -0.3 is 9.72 Å². The molecule has 3 aromatic carbocycles. The van der Waals surface area contributed by atoms with Crippen LogP contribution in [0, 0.1) is 5.82 Å². The maximum absolute atomic E-state index is 13.5. The van der Waals surface area contributed by atoms with E-state index in [-0.39, 0.29) is 11.4 Å². The fraction of sp³-hybridized carbons (Fsp3) is 0.267. The smallest absolute Gasteiger partial charge is 0.253 e. The predicted molar refractivity (Wildman–Crippen MR) is 150 cm³/mol. The van der Waals surface area contributed by atoms with Crippen molar-refractivity contribution in [3.63, 3.8) is 0 Å². The monoisotopic (exact) mass is 539 g/mol. The number of aromatic nitrogens is 5. The number of ether oxygens (including phenoxy) is 1. The number of nitrogens with zero attached hydrogens (tertiary/aromatic N) is 6. The summed E-state index contributed by atoms with van der Waals surface area (Å²) in [7, 11) is 1.62. The quantitative estimate of drug-likeness (QED) is 0.322. The van der Waals surface area contributed by atoms with Gasteiger partial charge in [0.1, 0.15) is 17.6 Å². The van der Waals surface area contributed by atoms with E-state index in [0.29, 0.717) is 23.7 Å². The minimum Gasteiger partial charge on any atom is -0.497 e. The second-order valence-corrected chi connectivity index (χ2v) is 10.0. The number of hydrogen-bond acceptors (Lipinski definition) is 7. The number of aromatic amines is 1. The normalized spacial score (nSPS) is 15.3. The molecule has 9 nitrogen and oxygen atoms in total. The molecule has 3 heterocycles. The molecule has 1 fully saturated rings. The molecule has 1 aliphatic rings. The molecule has 0 unspecified atom stereocenters. The number of halogens is 1. The molecule has 10 heteroatoms. The van der Waals surface area contributed by atoms with E-state index in [4.69, 9.17) is 4.74 Å². The van der Waals surface area contributed by atoms with Gasteiger partial charge >= 0.3 is 0 Å². The zero-order chi connectivity index (χ0) is 27.5. The van der Waals surface area contributed by atoms with Crippen LogP contribution in [0.5, 0.6) is 5.75 Å². The summed E-state index contributed by atoms with van der Waals surface area (Å²) in [5.41, 5.74) is 3.24. The fourth-order valence-corrected chi connectivity index (χ4v) is 5.33. The molecule has 1 aliphatic heterocycles. The average molecular weight is 540 g/mol. The van der Waals surface area contributed by atoms with Gasteiger partial charge in [-0.3, -0.25) is 14.6 Å². The van der Waals surface area contributed by atoms with Gasteiger partial charge in [-0.25, -0.2) is 9.07 Å². The van der Waals surface area contributed by atoms with Crippen LogP contribution in [-0.4, -0.2) is 68.3 Å². The highest BCUT2D eigenvalue weighted by molar-refractivity contribution is 5.80. The van der Waals surface area contributed by atoms with Crippen molar-refractivity contribution >= 4 is 10.9 Å². The SMILES string of the molecule is COc1ccc2[nH]c(=O)c([C@@H](c3nnnn3Cc3ccc(F)cc3)N3CCN(Cc4ccccc4)CC3)cc2c1. The van der Waals surface area contributed by atoms with Crippen LogP contribution in [0.3, 0.4) is 0 Å². The van der Waals surface area contributed by atoms with E-state index in [9.17, 15) is 9.18 Å². The lowest BCUT2D eigenvalue weighted by atomic mass is 10.0. The Balaban J connectivity index is 1.35. The van der Waals surface area contributed by atoms with E-state index in [1.807, 2.05) is 30.3 Å². The summed E-state index contributed by atoms with van der Waals surface area (Å²) in [4.78, 5) is 21.3. The number of rotatable bonds is 8. The summed E-state index contributed by atoms with van der Waals surface area (Å²) in [6.07, 6.45) is 0. The first-order valence-electron chi connectivity index (χ1n) is 13.3. The minimum atomic E-state index is -0.478. The van der Waals surface area contributed by atoms with E-state index in [1.165, 1.54) is 17.7 Å². The Labute approximate surface area is 230 Å². The van der Waals surface area contributed by atoms with Gasteiger partial charge in [0.05, 0.1) is 13.7 Å². The first kappa shape index (κ1) is 25.8. The van der Waals surface area contributed by atoms with Gasteiger partial charge in [0.25, 0.3) is 5.56 Å². The molecule has 0 radical (unpaired) electrons. The summed E-state index contributed by atoms with van der Waals surface area (Å²) in [6.45, 7) is 4.37. The standard InChI is InChI=1S/C30H30FN7O2/c1-40-25-11-12-27-23(17-25)18-26(30(39)32-27)28(29-33-34-35-38(29)20-22-7-9-24(31)10-8-22)37-15-13-36(14-16-37)19-21-5-3-2-4-6-21/h2-12,17-18,28H,13-16,19-20H2,1H3,(H,32,39)/t28-/m0/s1. The molecule has 0 bridgehead atoms. The van der Waals surface area contributed by atoms with Crippen LogP contribution < -0.4 is 10.3 Å². The Hall–Kier alpha value is -4.41. The first-order valence-corrected chi connectivity index (χ1v) is 13.3. The molecule has 6 rings (SSSR count). The third-order valence-corrected chi connectivity index (χ3v) is 7.45. The summed E-state index contributed by atoms with van der Waals surface area (Å²) in [5, 5.41) is 13.5. The van der Waals surface area contributed by atoms with Crippen LogP contribution >= 0.6 is 0 Å². The van der Waals surface area contributed by atoms with Crippen molar-refractivity contribution in [1.82, 2.24) is 35.0 Å². The number of pyridine rings is 1. The van der Waals surface area contributed by atoms with Crippen molar-refractivity contribution in [2.24, 2.45) is 0 Å². The second-order valence-electron chi connectivity index (χ2n) is 10.0. The van der Waals surface area contributed by atoms with E-state index in [1.54, 1.807) is 23.9 Å². The van der Waals surface area contributed by atoms with Crippen molar-refractivity contribution in [2.75, 3.05) is 33.3 Å². The first-order chi connectivity index (χ1) is 19.6. The number of H-pyrrole nitrogens is 1. The Bertz CT molecular complexity index is 1640. The molecule has 0 saturated carbocycles. The molecule has 5 aromatic rings. The molecular weight excluding hydrogens is 509 g/mol. The van der Waals surface area contributed by atoms with Gasteiger partial charge in [-0.05, 0) is 58.0 Å². The van der Waals surface area contributed by atoms with Gasteiger partial charge in [-0.1, -0.05) is 42.5 Å². The zero-order valence-electron chi connectivity index (χ0n) is 22.2. The van der Waals surface area contributed by atoms with Crippen LogP contribution in [0.25, 0.3) is 10.9 Å². The van der Waals surface area contributed by atoms with E-state index >= 15 is 0 Å². The number of methoxy groups -OCH3 is 1. The molecule has 0 amide bonds. The van der Waals surface area contributed by atoms with Crippen molar-refractivity contribution in [3.8, 4) is 5.75 Å². The highest BCUT2D eigenvalue weighted by atomic mass is 19.1. The number of fused-ring (bicyclic) bond motifs is 1. The van der Waals surface area contributed by atoms with Crippen LogP contribution in [0.4, 0.5) is 4.39 Å². The number of benzene rings is 3. The highest BCUT2D eigenvalue weighted by Gasteiger charge is 2.32. The molecule has 1 saturated heterocycles. The molecule has 0 spiro atoms. The Morgan fingerprint density at radius 2 is 1.68 bits per heavy atom. The van der Waals surface area contributed by atoms with Crippen molar-refractivity contribution in [1.29, 1.82) is 0 Å². The largest absolute Gasteiger partial charge is 0.497 e. The number of hydrogen-bond donors (Lipinski definition) is 1. The van der Waals surface area contributed by atoms with Crippen LogP contribution in [-0.2, 0) is 13.1 Å². The molecule has 40 heavy (non-hydrogen) atoms. The van der Waals surface area contributed by atoms with Crippen LogP contribution in [0.2, 0.25) is 0 Å². The van der Waals surface area contributed by atoms with Gasteiger partial charge in [0.15, 0.2) is 5.82 Å². The highest BCUT2D eigenvalue weighted by Crippen LogP contribution is 2.29. The Morgan fingerprint density at radius 3 is 2.42 bits per heavy atom. The topological polar surface area (TPSA) is 92.2 Å². The predicted octanol–water partition coefficient (Wildman–Crippen LogP) is 3.62. The summed E-state index contributed by atoms with van der Waals surface area (Å²) < 4.78 is 20.7. The van der Waals surface area contributed by atoms with Gasteiger partial charge in [0, 0.05) is 49.2 Å². The number of nitrogens with one attached hydrogen (secondary N) is 1. The Kier molecular flexibility index (Phi) is 7.35. The Morgan fingerprint density at radius 1 is 0.925 bits per heavy atom. The van der Waals surface area contributed by atoms with E-state index in [0.717, 1.165) is 49.2 Å². The van der Waals surface area contributed by atoms with Gasteiger partial charge in [-0.2, -0.15) is 0 Å². The lowest BCUT2D eigenvalue weighted by Gasteiger charge is -2.38. The molecule has 2 aromatic heterocycles. The molecular formula is C30H30FN7O2. The molecule has 1 N–H and O–H groups in total. The third kappa shape index (κ3) is 5.49. The maximum Gasteiger partial charge on any atom is 0.253 e. The summed E-state index contributed by atoms with van der Waals surface area (Å²) in [5.74, 6) is 0.969.